The van der Waals surface area contributed by atoms with Crippen molar-refractivity contribution in [3.05, 3.63) is 5.82 Å². The van der Waals surface area contributed by atoms with E-state index in [2.05, 4.69) is 21.6 Å². The zero-order chi connectivity index (χ0) is 10.5. The van der Waals surface area contributed by atoms with Crippen LogP contribution in [0.4, 0.5) is 0 Å². The Morgan fingerprint density at radius 2 is 2.40 bits per heavy atom. The number of nitrogens with zero attached hydrogens (tertiary/aromatic N) is 2. The van der Waals surface area contributed by atoms with Crippen LogP contribution in [0.2, 0.25) is 0 Å². The summed E-state index contributed by atoms with van der Waals surface area (Å²) in [6.07, 6.45) is 4.93. The fourth-order valence-corrected chi connectivity index (χ4v) is 2.97. The Bertz CT molecular complexity index is 297. The molecule has 3 nitrogen and oxygen atoms in total. The van der Waals surface area contributed by atoms with E-state index in [4.69, 9.17) is 0 Å². The van der Waals surface area contributed by atoms with E-state index in [9.17, 15) is 0 Å². The lowest BCUT2D eigenvalue weighted by Gasteiger charge is -2.00. The zero-order valence-electron chi connectivity index (χ0n) is 9.03. The molecule has 0 atom stereocenters. The molecule has 1 saturated carbocycles. The molecule has 1 N–H and O–H groups in total. The van der Waals surface area contributed by atoms with Crippen LogP contribution in [0.3, 0.4) is 0 Å². The number of nitrogens with one attached hydrogen (secondary N) is 1. The Hall–Kier alpha value is -0.130. The van der Waals surface area contributed by atoms with Crippen LogP contribution in [0.1, 0.15) is 32.0 Å². The van der Waals surface area contributed by atoms with Crippen molar-refractivity contribution in [1.29, 1.82) is 0 Å². The van der Waals surface area contributed by atoms with Gasteiger partial charge in [0.25, 0.3) is 0 Å². The highest BCUT2D eigenvalue weighted by molar-refractivity contribution is 8.00. The summed E-state index contributed by atoms with van der Waals surface area (Å²) in [6, 6.07) is 0.836. The smallest absolute Gasteiger partial charge is 0.170 e. The predicted molar refractivity (Wildman–Crippen MR) is 65.7 cm³/mol. The van der Waals surface area contributed by atoms with Gasteiger partial charge in [0.15, 0.2) is 4.34 Å². The maximum absolute atomic E-state index is 4.42. The summed E-state index contributed by atoms with van der Waals surface area (Å²) in [7, 11) is 0. The largest absolute Gasteiger partial charge is 0.314 e. The Kier molecular flexibility index (Phi) is 4.41. The maximum Gasteiger partial charge on any atom is 0.170 e. The molecule has 1 aliphatic rings. The van der Waals surface area contributed by atoms with Crippen molar-refractivity contribution in [3.63, 3.8) is 0 Å². The molecule has 0 saturated heterocycles. The highest BCUT2D eigenvalue weighted by atomic mass is 32.2. The molecule has 1 aromatic rings. The summed E-state index contributed by atoms with van der Waals surface area (Å²) < 4.78 is 5.39. The molecule has 1 aromatic heterocycles. The van der Waals surface area contributed by atoms with Crippen molar-refractivity contribution in [3.8, 4) is 0 Å². The van der Waals surface area contributed by atoms with Crippen LogP contribution in [0.5, 0.6) is 0 Å². The second-order valence-corrected chi connectivity index (χ2v) is 5.85. The lowest BCUT2D eigenvalue weighted by molar-refractivity contribution is 0.674. The lowest BCUT2D eigenvalue weighted by atomic mass is 10.5. The third-order valence-corrected chi connectivity index (χ3v) is 4.28. The molecule has 2 rings (SSSR count). The molecule has 84 valence electrons. The van der Waals surface area contributed by atoms with Gasteiger partial charge in [-0.05, 0) is 37.3 Å². The van der Waals surface area contributed by atoms with Gasteiger partial charge in [0.2, 0.25) is 0 Å². The second kappa shape index (κ2) is 5.82. The molecular formula is C10H17N3S2. The molecular weight excluding hydrogens is 226 g/mol. The minimum absolute atomic E-state index is 0.836. The van der Waals surface area contributed by atoms with Gasteiger partial charge >= 0.3 is 0 Å². The summed E-state index contributed by atoms with van der Waals surface area (Å²) >= 11 is 3.37. The quantitative estimate of drug-likeness (QED) is 0.589. The second-order valence-electron chi connectivity index (χ2n) is 3.76. The number of rotatable bonds is 7. The Balaban J connectivity index is 1.56. The van der Waals surface area contributed by atoms with Crippen LogP contribution in [0.25, 0.3) is 0 Å². The van der Waals surface area contributed by atoms with Gasteiger partial charge in [0.1, 0.15) is 5.82 Å². The summed E-state index contributed by atoms with van der Waals surface area (Å²) in [5.41, 5.74) is 0. The molecule has 1 heterocycles. The van der Waals surface area contributed by atoms with Crippen LogP contribution in [-0.4, -0.2) is 27.7 Å². The van der Waals surface area contributed by atoms with E-state index < -0.39 is 0 Å². The molecule has 5 heteroatoms. The van der Waals surface area contributed by atoms with Gasteiger partial charge in [-0.2, -0.15) is 4.37 Å². The molecule has 15 heavy (non-hydrogen) atoms. The first-order valence-electron chi connectivity index (χ1n) is 5.57. The zero-order valence-corrected chi connectivity index (χ0v) is 10.7. The normalized spacial score (nSPS) is 15.8. The first-order valence-corrected chi connectivity index (χ1v) is 7.33. The van der Waals surface area contributed by atoms with E-state index in [1.54, 1.807) is 0 Å². The van der Waals surface area contributed by atoms with Gasteiger partial charge in [-0.15, -0.1) is 0 Å². The van der Waals surface area contributed by atoms with Crippen molar-refractivity contribution in [2.24, 2.45) is 0 Å². The molecule has 1 aliphatic carbocycles. The molecule has 0 aliphatic heterocycles. The Morgan fingerprint density at radius 1 is 1.53 bits per heavy atom. The average molecular weight is 243 g/mol. The molecule has 0 aromatic carbocycles. The Morgan fingerprint density at radius 3 is 3.07 bits per heavy atom. The summed E-state index contributed by atoms with van der Waals surface area (Å²) in [6.45, 7) is 3.24. The number of hydrogen-bond acceptors (Lipinski definition) is 5. The maximum atomic E-state index is 4.42. The van der Waals surface area contributed by atoms with Gasteiger partial charge in [0, 0.05) is 18.2 Å². The van der Waals surface area contributed by atoms with Crippen LogP contribution in [-0.2, 0) is 6.42 Å². The first kappa shape index (κ1) is 11.4. The van der Waals surface area contributed by atoms with E-state index in [1.165, 1.54) is 30.8 Å². The van der Waals surface area contributed by atoms with Crippen molar-refractivity contribution in [1.82, 2.24) is 14.7 Å². The van der Waals surface area contributed by atoms with E-state index in [0.29, 0.717) is 0 Å². The number of aromatic nitrogens is 2. The molecule has 0 radical (unpaired) electrons. The fourth-order valence-electron chi connectivity index (χ4n) is 1.27. The number of aryl methyl sites for hydroxylation is 1. The van der Waals surface area contributed by atoms with E-state index in [0.717, 1.165) is 34.9 Å². The third-order valence-electron chi connectivity index (χ3n) is 2.32. The Labute approximate surface area is 99.2 Å². The van der Waals surface area contributed by atoms with Crippen LogP contribution in [0, 0.1) is 0 Å². The predicted octanol–water partition coefficient (Wildman–Crippen LogP) is 2.33. The minimum atomic E-state index is 0.836. The van der Waals surface area contributed by atoms with Gasteiger partial charge in [-0.3, -0.25) is 0 Å². The van der Waals surface area contributed by atoms with Gasteiger partial charge in [-0.1, -0.05) is 18.7 Å². The summed E-state index contributed by atoms with van der Waals surface area (Å²) in [4.78, 5) is 4.42. The third kappa shape index (κ3) is 4.09. The van der Waals surface area contributed by atoms with Gasteiger partial charge < -0.3 is 5.32 Å². The van der Waals surface area contributed by atoms with Crippen molar-refractivity contribution < 1.29 is 0 Å². The van der Waals surface area contributed by atoms with Gasteiger partial charge in [0.05, 0.1) is 0 Å². The topological polar surface area (TPSA) is 37.8 Å². The lowest BCUT2D eigenvalue weighted by Crippen LogP contribution is -2.17. The number of thioether (sulfide) groups is 1. The van der Waals surface area contributed by atoms with Crippen molar-refractivity contribution in [2.75, 3.05) is 12.3 Å². The summed E-state index contributed by atoms with van der Waals surface area (Å²) in [5.74, 6) is 2.14. The molecule has 0 amide bonds. The van der Waals surface area contributed by atoms with E-state index in [-0.39, 0.29) is 0 Å². The highest BCUT2D eigenvalue weighted by Gasteiger charge is 2.19. The fraction of sp³-hybridized carbons (Fsp3) is 0.800. The van der Waals surface area contributed by atoms with Crippen LogP contribution < -0.4 is 5.32 Å². The van der Waals surface area contributed by atoms with Crippen molar-refractivity contribution in [2.45, 2.75) is 43.0 Å². The SMILES string of the molecule is CCc1nsc(SCCCNC2CC2)n1. The highest BCUT2D eigenvalue weighted by Crippen LogP contribution is 2.21. The first-order chi connectivity index (χ1) is 7.38. The monoisotopic (exact) mass is 243 g/mol. The molecule has 0 bridgehead atoms. The van der Waals surface area contributed by atoms with E-state index >= 15 is 0 Å². The number of hydrogen-bond donors (Lipinski definition) is 1. The standard InChI is InChI=1S/C10H17N3S2/c1-2-9-12-10(15-13-9)14-7-3-6-11-8-4-5-8/h8,11H,2-7H2,1H3. The van der Waals surface area contributed by atoms with E-state index in [1.807, 2.05) is 11.8 Å². The minimum Gasteiger partial charge on any atom is -0.314 e. The summed E-state index contributed by atoms with van der Waals surface area (Å²) in [5, 5.41) is 3.51. The molecule has 1 fully saturated rings. The van der Waals surface area contributed by atoms with Crippen LogP contribution in [0.15, 0.2) is 4.34 Å². The molecule has 0 spiro atoms. The van der Waals surface area contributed by atoms with Gasteiger partial charge in [-0.25, -0.2) is 4.98 Å². The average Bonchev–Trinajstić information content (AvgIpc) is 2.96. The van der Waals surface area contributed by atoms with Crippen molar-refractivity contribution >= 4 is 23.3 Å². The molecule has 0 unspecified atom stereocenters. The van der Waals surface area contributed by atoms with Crippen LogP contribution >= 0.6 is 23.3 Å².